The van der Waals surface area contributed by atoms with E-state index in [1.807, 2.05) is 24.1 Å². The highest BCUT2D eigenvalue weighted by Gasteiger charge is 2.47. The fourth-order valence-electron chi connectivity index (χ4n) is 6.13. The Balaban J connectivity index is 1.34. The lowest BCUT2D eigenvalue weighted by Gasteiger charge is -2.27. The molecule has 7 rings (SSSR count). The number of imidazole rings is 1. The summed E-state index contributed by atoms with van der Waals surface area (Å²) in [5, 5.41) is 1.41. The first-order chi connectivity index (χ1) is 16.9. The van der Waals surface area contributed by atoms with Crippen molar-refractivity contribution in [2.75, 3.05) is 6.54 Å². The van der Waals surface area contributed by atoms with Crippen LogP contribution in [0.3, 0.4) is 0 Å². The molecule has 0 radical (unpaired) electrons. The SMILES string of the molecule is Cn1c(-c2cc3ccc(Cl)nc3n2CC2CC2)nc2cc(C(=O)N3C[C@H]4CC[C@@H]3[C@@H]4N)cc(F)c21. The Morgan fingerprint density at radius 3 is 2.71 bits per heavy atom. The Hall–Kier alpha value is -2.97. The Bertz CT molecular complexity index is 1520. The maximum Gasteiger partial charge on any atom is 0.254 e. The maximum absolute atomic E-state index is 15.4. The second kappa shape index (κ2) is 7.51. The standard InChI is InChI=1S/C26H26ClFN6O/c1-32-23-17(28)8-16(26(35)34-12-15-4-6-19(34)22(15)29)9-18(23)30-25(32)20-10-14-5-7-21(27)31-24(14)33(20)11-13-2-3-13/h5,7-10,13,15,19,22H,2-4,6,11-12,29H2,1H3/t15-,19-,22-/m1/s1. The van der Waals surface area contributed by atoms with Crippen molar-refractivity contribution in [2.45, 2.75) is 44.3 Å². The number of piperidine rings is 1. The lowest BCUT2D eigenvalue weighted by atomic mass is 10.1. The van der Waals surface area contributed by atoms with E-state index in [2.05, 4.69) is 9.55 Å². The zero-order valence-electron chi connectivity index (χ0n) is 19.4. The minimum Gasteiger partial charge on any atom is -0.334 e. The molecule has 3 atom stereocenters. The highest BCUT2D eigenvalue weighted by atomic mass is 35.5. The fraction of sp³-hybridized carbons (Fsp3) is 0.423. The Morgan fingerprint density at radius 1 is 1.17 bits per heavy atom. The van der Waals surface area contributed by atoms with Crippen LogP contribution >= 0.6 is 11.6 Å². The van der Waals surface area contributed by atoms with Crippen LogP contribution < -0.4 is 5.73 Å². The van der Waals surface area contributed by atoms with Gasteiger partial charge < -0.3 is 19.8 Å². The van der Waals surface area contributed by atoms with E-state index in [1.54, 1.807) is 16.7 Å². The van der Waals surface area contributed by atoms with Crippen LogP contribution in [0.15, 0.2) is 30.3 Å². The molecule has 2 aliphatic carbocycles. The lowest BCUT2D eigenvalue weighted by Crippen LogP contribution is -2.41. The second-order valence-electron chi connectivity index (χ2n) is 10.4. The van der Waals surface area contributed by atoms with Gasteiger partial charge in [-0.25, -0.2) is 14.4 Å². The van der Waals surface area contributed by atoms with Gasteiger partial charge in [0.25, 0.3) is 5.91 Å². The van der Waals surface area contributed by atoms with Crippen molar-refractivity contribution < 1.29 is 9.18 Å². The summed E-state index contributed by atoms with van der Waals surface area (Å²) >= 11 is 6.21. The van der Waals surface area contributed by atoms with Gasteiger partial charge in [0, 0.05) is 43.2 Å². The van der Waals surface area contributed by atoms with E-state index in [0.29, 0.717) is 46.0 Å². The zero-order chi connectivity index (χ0) is 24.0. The van der Waals surface area contributed by atoms with E-state index in [4.69, 9.17) is 22.3 Å². The molecule has 1 aliphatic heterocycles. The van der Waals surface area contributed by atoms with Gasteiger partial charge in [0.05, 0.1) is 11.2 Å². The third-order valence-electron chi connectivity index (χ3n) is 8.16. The molecule has 1 saturated heterocycles. The van der Waals surface area contributed by atoms with E-state index < -0.39 is 5.82 Å². The molecule has 1 aromatic carbocycles. The van der Waals surface area contributed by atoms with Gasteiger partial charge in [-0.2, -0.15) is 0 Å². The van der Waals surface area contributed by atoms with E-state index in [-0.39, 0.29) is 18.0 Å². The largest absolute Gasteiger partial charge is 0.334 e. The molecule has 2 bridgehead atoms. The van der Waals surface area contributed by atoms with Gasteiger partial charge in [-0.3, -0.25) is 4.79 Å². The van der Waals surface area contributed by atoms with Gasteiger partial charge in [0.15, 0.2) is 5.82 Å². The average molecular weight is 493 g/mol. The van der Waals surface area contributed by atoms with Crippen LogP contribution in [0.1, 0.15) is 36.0 Å². The molecule has 2 N–H and O–H groups in total. The maximum atomic E-state index is 15.4. The first-order valence-corrected chi connectivity index (χ1v) is 12.7. The molecule has 0 unspecified atom stereocenters. The second-order valence-corrected chi connectivity index (χ2v) is 10.8. The number of pyridine rings is 1. The van der Waals surface area contributed by atoms with Crippen LogP contribution in [0.2, 0.25) is 5.15 Å². The number of rotatable bonds is 4. The van der Waals surface area contributed by atoms with Crippen LogP contribution in [-0.2, 0) is 13.6 Å². The number of halogens is 2. The van der Waals surface area contributed by atoms with Crippen molar-refractivity contribution in [3.63, 3.8) is 0 Å². The summed E-state index contributed by atoms with van der Waals surface area (Å²) in [5.74, 6) is 0.965. The molecule has 3 aliphatic rings. The number of aryl methyl sites for hydroxylation is 1. The van der Waals surface area contributed by atoms with Gasteiger partial charge >= 0.3 is 0 Å². The van der Waals surface area contributed by atoms with E-state index in [1.165, 1.54) is 18.9 Å². The first-order valence-electron chi connectivity index (χ1n) is 12.3. The molecule has 4 aromatic rings. The quantitative estimate of drug-likeness (QED) is 0.429. The van der Waals surface area contributed by atoms with Crippen molar-refractivity contribution in [2.24, 2.45) is 24.6 Å². The predicted octanol–water partition coefficient (Wildman–Crippen LogP) is 4.35. The molecule has 9 heteroatoms. The molecule has 7 nitrogen and oxygen atoms in total. The van der Waals surface area contributed by atoms with E-state index in [9.17, 15) is 4.79 Å². The van der Waals surface area contributed by atoms with Crippen molar-refractivity contribution in [1.29, 1.82) is 0 Å². The molecule has 3 fully saturated rings. The number of hydrogen-bond donors (Lipinski definition) is 1. The topological polar surface area (TPSA) is 82.0 Å². The summed E-state index contributed by atoms with van der Waals surface area (Å²) in [6, 6.07) is 8.88. The van der Waals surface area contributed by atoms with E-state index in [0.717, 1.165) is 36.1 Å². The number of amides is 1. The van der Waals surface area contributed by atoms with E-state index >= 15 is 4.39 Å². The monoisotopic (exact) mass is 492 g/mol. The van der Waals surface area contributed by atoms with Crippen molar-refractivity contribution >= 4 is 39.6 Å². The summed E-state index contributed by atoms with van der Waals surface area (Å²) in [6.45, 7) is 1.47. The number of hydrogen-bond acceptors (Lipinski definition) is 4. The number of carbonyl (C=O) groups is 1. The van der Waals surface area contributed by atoms with Crippen molar-refractivity contribution in [3.05, 3.63) is 46.9 Å². The van der Waals surface area contributed by atoms with Crippen LogP contribution in [0, 0.1) is 17.7 Å². The van der Waals surface area contributed by atoms with Crippen molar-refractivity contribution in [1.82, 2.24) is 24.0 Å². The third kappa shape index (κ3) is 3.23. The van der Waals surface area contributed by atoms with Gasteiger partial charge in [0.2, 0.25) is 0 Å². The first kappa shape index (κ1) is 21.3. The normalized spacial score (nSPS) is 23.8. The molecular formula is C26H26ClFN6O. The number of likely N-dealkylation sites (tertiary alicyclic amines) is 1. The number of nitrogens with zero attached hydrogens (tertiary/aromatic N) is 5. The molecule has 35 heavy (non-hydrogen) atoms. The van der Waals surface area contributed by atoms with Gasteiger partial charge in [-0.05, 0) is 67.9 Å². The summed E-state index contributed by atoms with van der Waals surface area (Å²) in [5.41, 5.74) is 9.14. The Morgan fingerprint density at radius 2 is 2.00 bits per heavy atom. The number of fused-ring (bicyclic) bond motifs is 4. The Labute approximate surface area is 206 Å². The summed E-state index contributed by atoms with van der Waals surface area (Å²) in [6.07, 6.45) is 4.34. The zero-order valence-corrected chi connectivity index (χ0v) is 20.2. The number of aromatic nitrogens is 4. The summed E-state index contributed by atoms with van der Waals surface area (Å²) in [7, 11) is 1.81. The molecule has 3 aromatic heterocycles. The number of carbonyl (C=O) groups excluding carboxylic acids is 1. The number of nitrogens with two attached hydrogens (primary N) is 1. The van der Waals surface area contributed by atoms with Crippen LogP contribution in [0.5, 0.6) is 0 Å². The Kier molecular flexibility index (Phi) is 4.58. The van der Waals surface area contributed by atoms with Crippen LogP contribution in [0.4, 0.5) is 4.39 Å². The van der Waals surface area contributed by atoms with Gasteiger partial charge in [-0.1, -0.05) is 11.6 Å². The molecule has 4 heterocycles. The van der Waals surface area contributed by atoms with Crippen LogP contribution in [-0.4, -0.2) is 48.5 Å². The fourth-order valence-corrected chi connectivity index (χ4v) is 6.27. The van der Waals surface area contributed by atoms with Gasteiger partial charge in [0.1, 0.15) is 22.1 Å². The van der Waals surface area contributed by atoms with Gasteiger partial charge in [-0.15, -0.1) is 0 Å². The molecule has 1 amide bonds. The highest BCUT2D eigenvalue weighted by Crippen LogP contribution is 2.39. The smallest absolute Gasteiger partial charge is 0.254 e. The molecule has 2 saturated carbocycles. The molecule has 0 spiro atoms. The average Bonchev–Trinajstić information content (AvgIpc) is 3.25. The molecular weight excluding hydrogens is 467 g/mol. The summed E-state index contributed by atoms with van der Waals surface area (Å²) in [4.78, 5) is 24.5. The summed E-state index contributed by atoms with van der Waals surface area (Å²) < 4.78 is 19.3. The lowest BCUT2D eigenvalue weighted by molar-refractivity contribution is 0.0700. The number of benzene rings is 1. The predicted molar refractivity (Wildman–Crippen MR) is 133 cm³/mol. The minimum absolute atomic E-state index is 0.0180. The minimum atomic E-state index is -0.452. The molecule has 180 valence electrons. The van der Waals surface area contributed by atoms with Crippen molar-refractivity contribution in [3.8, 4) is 11.5 Å². The third-order valence-corrected chi connectivity index (χ3v) is 8.37. The highest BCUT2D eigenvalue weighted by molar-refractivity contribution is 6.29. The van der Waals surface area contributed by atoms with Crippen LogP contribution in [0.25, 0.3) is 33.6 Å².